The third-order valence-corrected chi connectivity index (χ3v) is 7.16. The van der Waals surface area contributed by atoms with Crippen molar-refractivity contribution in [1.82, 2.24) is 20.1 Å². The van der Waals surface area contributed by atoms with Crippen LogP contribution < -0.4 is 16.0 Å². The van der Waals surface area contributed by atoms with Crippen molar-refractivity contribution in [3.63, 3.8) is 0 Å². The summed E-state index contributed by atoms with van der Waals surface area (Å²) in [5.74, 6) is -0.324. The molecule has 11 nitrogen and oxygen atoms in total. The molecular formula is C25H37BrN6O5S. The van der Waals surface area contributed by atoms with E-state index in [1.165, 1.54) is 0 Å². The van der Waals surface area contributed by atoms with Gasteiger partial charge in [-0.25, -0.2) is 14.6 Å². The van der Waals surface area contributed by atoms with Crippen molar-refractivity contribution in [2.45, 2.75) is 96.8 Å². The largest absolute Gasteiger partial charge is 0.444 e. The summed E-state index contributed by atoms with van der Waals surface area (Å²) >= 11 is 4.42. The van der Waals surface area contributed by atoms with Gasteiger partial charge in [0.1, 0.15) is 16.2 Å². The van der Waals surface area contributed by atoms with E-state index in [4.69, 9.17) is 9.47 Å². The van der Waals surface area contributed by atoms with Crippen LogP contribution in [0.2, 0.25) is 0 Å². The molecule has 1 aliphatic rings. The number of aromatic nitrogens is 3. The first-order chi connectivity index (χ1) is 17.6. The number of halogens is 1. The standard InChI is InChI=1S/C25H37BrN6O5S/c1-24(2,3)36-22(34)28-15-10-8-9-14(11-12-15)18-16(13-27-32(18)7)29-19(33)17-20(38-21(26)30-17)31-23(35)37-25(4,5)6/h13-15H,8-12H2,1-7H3,(H,28,34)(H,29,33)(H,31,35). The van der Waals surface area contributed by atoms with E-state index < -0.39 is 29.3 Å². The first-order valence-corrected chi connectivity index (χ1v) is 14.2. The van der Waals surface area contributed by atoms with Gasteiger partial charge >= 0.3 is 12.2 Å². The van der Waals surface area contributed by atoms with E-state index in [9.17, 15) is 14.4 Å². The Kier molecular flexibility index (Phi) is 9.45. The van der Waals surface area contributed by atoms with Gasteiger partial charge in [-0.15, -0.1) is 0 Å². The van der Waals surface area contributed by atoms with Crippen molar-refractivity contribution in [1.29, 1.82) is 0 Å². The molecule has 0 bridgehead atoms. The number of anilines is 2. The van der Waals surface area contributed by atoms with E-state index in [0.29, 0.717) is 9.60 Å². The van der Waals surface area contributed by atoms with E-state index in [0.717, 1.165) is 49.1 Å². The SMILES string of the molecule is Cn1ncc(NC(=O)c2nc(Br)sc2NC(=O)OC(C)(C)C)c1C1CCCC(NC(=O)OC(C)(C)C)CC1. The molecule has 1 fully saturated rings. The monoisotopic (exact) mass is 612 g/mol. The predicted molar refractivity (Wildman–Crippen MR) is 150 cm³/mol. The van der Waals surface area contributed by atoms with Crippen molar-refractivity contribution in [2.24, 2.45) is 7.05 Å². The zero-order chi connectivity index (χ0) is 28.3. The average Bonchev–Trinajstić information content (AvgIpc) is 3.20. The van der Waals surface area contributed by atoms with Gasteiger partial charge in [-0.05, 0) is 83.2 Å². The van der Waals surface area contributed by atoms with Gasteiger partial charge in [0.05, 0.1) is 17.6 Å². The Labute approximate surface area is 235 Å². The van der Waals surface area contributed by atoms with Crippen LogP contribution in [0.5, 0.6) is 0 Å². The van der Waals surface area contributed by atoms with E-state index in [-0.39, 0.29) is 22.7 Å². The first-order valence-electron chi connectivity index (χ1n) is 12.6. The molecule has 3 N–H and O–H groups in total. The predicted octanol–water partition coefficient (Wildman–Crippen LogP) is 6.18. The highest BCUT2D eigenvalue weighted by Gasteiger charge is 2.29. The summed E-state index contributed by atoms with van der Waals surface area (Å²) in [5.41, 5.74) is 0.346. The van der Waals surface area contributed by atoms with Crippen LogP contribution in [0.1, 0.15) is 95.7 Å². The van der Waals surface area contributed by atoms with Crippen molar-refractivity contribution >= 4 is 56.0 Å². The van der Waals surface area contributed by atoms with Crippen molar-refractivity contribution in [3.8, 4) is 0 Å². The number of alkyl carbamates (subject to hydrolysis) is 1. The number of ether oxygens (including phenoxy) is 2. The maximum Gasteiger partial charge on any atom is 0.412 e. The fourth-order valence-electron chi connectivity index (χ4n) is 4.33. The van der Waals surface area contributed by atoms with E-state index in [2.05, 4.69) is 42.0 Å². The fourth-order valence-corrected chi connectivity index (χ4v) is 5.67. The van der Waals surface area contributed by atoms with Crippen LogP contribution in [-0.2, 0) is 16.5 Å². The molecule has 2 unspecified atom stereocenters. The maximum atomic E-state index is 13.2. The minimum absolute atomic E-state index is 0.0231. The number of thiazole rings is 1. The minimum atomic E-state index is -0.681. The second-order valence-electron chi connectivity index (χ2n) is 11.3. The maximum absolute atomic E-state index is 13.2. The smallest absolute Gasteiger partial charge is 0.412 e. The molecule has 1 aliphatic carbocycles. The number of nitrogens with one attached hydrogen (secondary N) is 3. The highest BCUT2D eigenvalue weighted by atomic mass is 79.9. The van der Waals surface area contributed by atoms with Crippen molar-refractivity contribution < 1.29 is 23.9 Å². The van der Waals surface area contributed by atoms with Gasteiger partial charge in [-0.2, -0.15) is 5.10 Å². The van der Waals surface area contributed by atoms with Gasteiger partial charge < -0.3 is 20.1 Å². The van der Waals surface area contributed by atoms with Gasteiger partial charge in [0.15, 0.2) is 9.61 Å². The summed E-state index contributed by atoms with van der Waals surface area (Å²) in [4.78, 5) is 42.0. The number of carbonyl (C=O) groups is 3. The highest BCUT2D eigenvalue weighted by Crippen LogP contribution is 2.36. The minimum Gasteiger partial charge on any atom is -0.444 e. The summed E-state index contributed by atoms with van der Waals surface area (Å²) < 4.78 is 12.9. The molecular weight excluding hydrogens is 576 g/mol. The Hall–Kier alpha value is -2.67. The summed E-state index contributed by atoms with van der Waals surface area (Å²) in [5, 5.41) is 13.2. The topological polar surface area (TPSA) is 136 Å². The third kappa shape index (κ3) is 8.69. The molecule has 3 amide bonds. The van der Waals surface area contributed by atoms with Gasteiger partial charge in [0.2, 0.25) is 0 Å². The van der Waals surface area contributed by atoms with Gasteiger partial charge in [-0.3, -0.25) is 14.8 Å². The van der Waals surface area contributed by atoms with E-state index >= 15 is 0 Å². The Morgan fingerprint density at radius 1 is 1.00 bits per heavy atom. The number of nitrogens with zero attached hydrogens (tertiary/aromatic N) is 3. The molecule has 0 spiro atoms. The normalized spacial score (nSPS) is 18.3. The molecule has 0 radical (unpaired) electrons. The molecule has 38 heavy (non-hydrogen) atoms. The van der Waals surface area contributed by atoms with Crippen molar-refractivity contribution in [3.05, 3.63) is 21.5 Å². The highest BCUT2D eigenvalue weighted by molar-refractivity contribution is 9.11. The van der Waals surface area contributed by atoms with E-state index in [1.54, 1.807) is 31.6 Å². The average molecular weight is 614 g/mol. The van der Waals surface area contributed by atoms with Crippen LogP contribution in [0.4, 0.5) is 20.3 Å². The lowest BCUT2D eigenvalue weighted by Crippen LogP contribution is -2.38. The molecule has 13 heteroatoms. The lowest BCUT2D eigenvalue weighted by Gasteiger charge is -2.23. The third-order valence-electron chi connectivity index (χ3n) is 5.74. The Balaban J connectivity index is 1.69. The molecule has 2 aromatic rings. The number of carbonyl (C=O) groups excluding carboxylic acids is 3. The zero-order valence-corrected chi connectivity index (χ0v) is 25.3. The van der Waals surface area contributed by atoms with Crippen LogP contribution in [-0.4, -0.2) is 50.1 Å². The van der Waals surface area contributed by atoms with Crippen molar-refractivity contribution in [2.75, 3.05) is 10.6 Å². The van der Waals surface area contributed by atoms with Crippen LogP contribution in [0, 0.1) is 0 Å². The van der Waals surface area contributed by atoms with Crippen LogP contribution >= 0.6 is 27.3 Å². The molecule has 2 aromatic heterocycles. The molecule has 2 heterocycles. The summed E-state index contributed by atoms with van der Waals surface area (Å²) in [6.07, 6.45) is 4.80. The van der Waals surface area contributed by atoms with E-state index in [1.807, 2.05) is 27.8 Å². The number of amides is 3. The van der Waals surface area contributed by atoms with Crippen LogP contribution in [0.3, 0.4) is 0 Å². The Bertz CT molecular complexity index is 1170. The molecule has 3 rings (SSSR count). The number of rotatable bonds is 5. The van der Waals surface area contributed by atoms with Crippen LogP contribution in [0.15, 0.2) is 10.1 Å². The summed E-state index contributed by atoms with van der Waals surface area (Å²) in [6, 6.07) is 0.0231. The van der Waals surface area contributed by atoms with Gasteiger partial charge in [0, 0.05) is 19.0 Å². The van der Waals surface area contributed by atoms with Gasteiger partial charge in [-0.1, -0.05) is 17.8 Å². The quantitative estimate of drug-likeness (QED) is 0.343. The number of hydrogen-bond acceptors (Lipinski definition) is 8. The number of aryl methyl sites for hydroxylation is 1. The molecule has 0 aromatic carbocycles. The first kappa shape index (κ1) is 29.9. The molecule has 0 aliphatic heterocycles. The molecule has 0 saturated heterocycles. The molecule has 210 valence electrons. The number of hydrogen-bond donors (Lipinski definition) is 3. The van der Waals surface area contributed by atoms with Gasteiger partial charge in [0.25, 0.3) is 5.91 Å². The zero-order valence-electron chi connectivity index (χ0n) is 22.9. The van der Waals surface area contributed by atoms with Crippen LogP contribution in [0.25, 0.3) is 0 Å². The summed E-state index contributed by atoms with van der Waals surface area (Å²) in [6.45, 7) is 10.8. The molecule has 2 atom stereocenters. The summed E-state index contributed by atoms with van der Waals surface area (Å²) in [7, 11) is 1.85. The lowest BCUT2D eigenvalue weighted by molar-refractivity contribution is 0.0498. The second-order valence-corrected chi connectivity index (χ2v) is 13.6. The lowest BCUT2D eigenvalue weighted by atomic mass is 9.95. The Morgan fingerprint density at radius 3 is 2.32 bits per heavy atom. The Morgan fingerprint density at radius 2 is 1.66 bits per heavy atom. The second kappa shape index (κ2) is 12.0. The fraction of sp³-hybridized carbons (Fsp3) is 0.640. The molecule has 1 saturated carbocycles.